The number of fused-ring (bicyclic) bond motifs is 1. The predicted octanol–water partition coefficient (Wildman–Crippen LogP) is 3.18. The van der Waals surface area contributed by atoms with Gasteiger partial charge in [0.2, 0.25) is 5.91 Å². The number of rotatable bonds is 4. The molecule has 3 aromatic rings. The van der Waals surface area contributed by atoms with E-state index in [4.69, 9.17) is 0 Å². The first-order valence-corrected chi connectivity index (χ1v) is 10.2. The standard InChI is InChI=1S/C22H21N3O2S/c1-15-12-23-22-25(21(15)27)13-18(14-28-22)20(26)24-19(16-8-4-2-5-9-16)17-10-6-3-7-11-17/h2-12,18-19H,13-14H2,1H3,(H,24,26). The maximum absolute atomic E-state index is 13.1. The monoisotopic (exact) mass is 391 g/mol. The lowest BCUT2D eigenvalue weighted by atomic mass is 9.98. The van der Waals surface area contributed by atoms with Crippen molar-refractivity contribution in [3.8, 4) is 0 Å². The molecule has 0 spiro atoms. The lowest BCUT2D eigenvalue weighted by molar-refractivity contribution is -0.125. The highest BCUT2D eigenvalue weighted by Gasteiger charge is 2.29. The molecule has 5 nitrogen and oxygen atoms in total. The van der Waals surface area contributed by atoms with E-state index in [1.807, 2.05) is 60.7 Å². The van der Waals surface area contributed by atoms with Crippen LogP contribution in [0.4, 0.5) is 0 Å². The molecule has 1 amide bonds. The van der Waals surface area contributed by atoms with E-state index in [1.54, 1.807) is 17.7 Å². The Morgan fingerprint density at radius 3 is 2.32 bits per heavy atom. The van der Waals surface area contributed by atoms with Crippen molar-refractivity contribution < 1.29 is 4.79 Å². The number of carbonyl (C=O) groups is 1. The van der Waals surface area contributed by atoms with E-state index in [1.165, 1.54) is 11.8 Å². The highest BCUT2D eigenvalue weighted by Crippen LogP contribution is 2.27. The predicted molar refractivity (Wildman–Crippen MR) is 110 cm³/mol. The second-order valence-electron chi connectivity index (χ2n) is 6.91. The Bertz CT molecular complexity index is 995. The first-order chi connectivity index (χ1) is 13.6. The quantitative estimate of drug-likeness (QED) is 0.694. The molecule has 0 saturated heterocycles. The number of hydrogen-bond donors (Lipinski definition) is 1. The summed E-state index contributed by atoms with van der Waals surface area (Å²) in [5, 5.41) is 3.88. The molecule has 2 aromatic carbocycles. The Balaban J connectivity index is 1.59. The van der Waals surface area contributed by atoms with E-state index in [9.17, 15) is 9.59 Å². The van der Waals surface area contributed by atoms with Crippen LogP contribution in [-0.4, -0.2) is 21.2 Å². The van der Waals surface area contributed by atoms with Crippen LogP contribution in [-0.2, 0) is 11.3 Å². The number of amides is 1. The number of aromatic nitrogens is 2. The summed E-state index contributed by atoms with van der Waals surface area (Å²) in [5.74, 6) is 0.274. The Morgan fingerprint density at radius 1 is 1.11 bits per heavy atom. The third-order valence-corrected chi connectivity index (χ3v) is 6.07. The molecular formula is C22H21N3O2S. The van der Waals surface area contributed by atoms with Crippen LogP contribution >= 0.6 is 11.8 Å². The van der Waals surface area contributed by atoms with Crippen LogP contribution in [0.5, 0.6) is 0 Å². The van der Waals surface area contributed by atoms with Gasteiger partial charge in [0.15, 0.2) is 5.16 Å². The van der Waals surface area contributed by atoms with Crippen molar-refractivity contribution in [2.45, 2.75) is 24.7 Å². The summed E-state index contributed by atoms with van der Waals surface area (Å²) < 4.78 is 1.62. The van der Waals surface area contributed by atoms with Gasteiger partial charge in [-0.15, -0.1) is 0 Å². The average Bonchev–Trinajstić information content (AvgIpc) is 2.75. The Morgan fingerprint density at radius 2 is 1.71 bits per heavy atom. The average molecular weight is 391 g/mol. The number of nitrogens with one attached hydrogen (secondary N) is 1. The summed E-state index contributed by atoms with van der Waals surface area (Å²) in [7, 11) is 0. The minimum Gasteiger partial charge on any atom is -0.345 e. The third-order valence-electron chi connectivity index (χ3n) is 4.92. The van der Waals surface area contributed by atoms with Gasteiger partial charge >= 0.3 is 0 Å². The SMILES string of the molecule is Cc1cnc2n(c1=O)CC(C(=O)NC(c1ccccc1)c1ccccc1)CS2. The van der Waals surface area contributed by atoms with Gasteiger partial charge in [-0.25, -0.2) is 4.98 Å². The molecule has 1 atom stereocenters. The largest absolute Gasteiger partial charge is 0.345 e. The molecule has 0 bridgehead atoms. The first kappa shape index (κ1) is 18.5. The smallest absolute Gasteiger partial charge is 0.257 e. The number of aryl methyl sites for hydroxylation is 1. The van der Waals surface area contributed by atoms with Crippen LogP contribution in [0.3, 0.4) is 0 Å². The fourth-order valence-corrected chi connectivity index (χ4v) is 4.42. The molecule has 142 valence electrons. The van der Waals surface area contributed by atoms with E-state index in [-0.39, 0.29) is 23.4 Å². The normalized spacial score (nSPS) is 15.9. The zero-order valence-electron chi connectivity index (χ0n) is 15.5. The van der Waals surface area contributed by atoms with Gasteiger partial charge in [-0.05, 0) is 18.1 Å². The van der Waals surface area contributed by atoms with E-state index < -0.39 is 0 Å². The second kappa shape index (κ2) is 8.02. The van der Waals surface area contributed by atoms with Crippen molar-refractivity contribution in [2.75, 3.05) is 5.75 Å². The molecule has 1 aliphatic heterocycles. The van der Waals surface area contributed by atoms with Gasteiger partial charge in [0, 0.05) is 24.1 Å². The number of hydrogen-bond acceptors (Lipinski definition) is 4. The Hall–Kier alpha value is -2.86. The van der Waals surface area contributed by atoms with E-state index >= 15 is 0 Å². The molecule has 0 saturated carbocycles. The highest BCUT2D eigenvalue weighted by atomic mass is 32.2. The molecule has 0 radical (unpaired) electrons. The summed E-state index contributed by atoms with van der Waals surface area (Å²) in [4.78, 5) is 29.8. The molecule has 6 heteroatoms. The van der Waals surface area contributed by atoms with E-state index in [0.717, 1.165) is 11.1 Å². The molecule has 1 aliphatic rings. The van der Waals surface area contributed by atoms with Crippen molar-refractivity contribution in [3.63, 3.8) is 0 Å². The maximum Gasteiger partial charge on any atom is 0.257 e. The van der Waals surface area contributed by atoms with Crippen molar-refractivity contribution in [1.82, 2.24) is 14.9 Å². The lowest BCUT2D eigenvalue weighted by Gasteiger charge is -2.27. The van der Waals surface area contributed by atoms with Gasteiger partial charge in [-0.3, -0.25) is 14.2 Å². The van der Waals surface area contributed by atoms with Crippen molar-refractivity contribution in [1.29, 1.82) is 0 Å². The van der Waals surface area contributed by atoms with Gasteiger partial charge in [0.05, 0.1) is 12.0 Å². The van der Waals surface area contributed by atoms with Crippen molar-refractivity contribution in [2.24, 2.45) is 5.92 Å². The van der Waals surface area contributed by atoms with Gasteiger partial charge in [0.1, 0.15) is 0 Å². The zero-order valence-corrected chi connectivity index (χ0v) is 16.4. The molecule has 1 aromatic heterocycles. The Kier molecular flexibility index (Phi) is 5.30. The van der Waals surface area contributed by atoms with Gasteiger partial charge in [0.25, 0.3) is 5.56 Å². The van der Waals surface area contributed by atoms with Gasteiger partial charge < -0.3 is 5.32 Å². The van der Waals surface area contributed by atoms with E-state index in [0.29, 0.717) is 23.0 Å². The summed E-state index contributed by atoms with van der Waals surface area (Å²) in [6.07, 6.45) is 1.60. The van der Waals surface area contributed by atoms with Crippen LogP contribution in [0, 0.1) is 12.8 Å². The fraction of sp³-hybridized carbons (Fsp3) is 0.227. The topological polar surface area (TPSA) is 64.0 Å². The van der Waals surface area contributed by atoms with Crippen LogP contribution in [0.1, 0.15) is 22.7 Å². The molecule has 4 rings (SSSR count). The zero-order chi connectivity index (χ0) is 19.5. The molecule has 28 heavy (non-hydrogen) atoms. The molecular weight excluding hydrogens is 370 g/mol. The summed E-state index contributed by atoms with van der Waals surface area (Å²) in [6, 6.07) is 19.6. The fourth-order valence-electron chi connectivity index (χ4n) is 3.37. The number of nitrogens with zero attached hydrogens (tertiary/aromatic N) is 2. The maximum atomic E-state index is 13.1. The minimum absolute atomic E-state index is 0.0516. The molecule has 0 aliphatic carbocycles. The summed E-state index contributed by atoms with van der Waals surface area (Å²) >= 11 is 1.46. The number of benzene rings is 2. The summed E-state index contributed by atoms with van der Waals surface area (Å²) in [6.45, 7) is 2.11. The third kappa shape index (κ3) is 3.73. The minimum atomic E-state index is -0.284. The first-order valence-electron chi connectivity index (χ1n) is 9.23. The Labute approximate surface area is 167 Å². The second-order valence-corrected chi connectivity index (χ2v) is 7.90. The molecule has 1 unspecified atom stereocenters. The van der Waals surface area contributed by atoms with Gasteiger partial charge in [-0.1, -0.05) is 72.4 Å². The summed E-state index contributed by atoms with van der Waals surface area (Å²) in [5.41, 5.74) is 2.58. The van der Waals surface area contributed by atoms with Crippen LogP contribution in [0.2, 0.25) is 0 Å². The molecule has 2 heterocycles. The van der Waals surface area contributed by atoms with Crippen LogP contribution < -0.4 is 10.9 Å². The van der Waals surface area contributed by atoms with Crippen LogP contribution in [0.15, 0.2) is 76.8 Å². The molecule has 1 N–H and O–H groups in total. The van der Waals surface area contributed by atoms with Gasteiger partial charge in [-0.2, -0.15) is 0 Å². The van der Waals surface area contributed by atoms with Crippen LogP contribution in [0.25, 0.3) is 0 Å². The highest BCUT2D eigenvalue weighted by molar-refractivity contribution is 7.99. The van der Waals surface area contributed by atoms with Crippen molar-refractivity contribution >= 4 is 17.7 Å². The van der Waals surface area contributed by atoms with E-state index in [2.05, 4.69) is 10.3 Å². The number of carbonyl (C=O) groups excluding carboxylic acids is 1. The molecule has 0 fully saturated rings. The lowest BCUT2D eigenvalue weighted by Crippen LogP contribution is -2.41. The van der Waals surface area contributed by atoms with Crippen molar-refractivity contribution in [3.05, 3.63) is 93.9 Å². The number of thioether (sulfide) groups is 1.